The first-order chi connectivity index (χ1) is 14.5. The quantitative estimate of drug-likeness (QED) is 0.672. The first-order valence-electron chi connectivity index (χ1n) is 8.94. The number of hydrogen-bond donors (Lipinski definition) is 1. The summed E-state index contributed by atoms with van der Waals surface area (Å²) in [5.74, 6) is 0.358. The normalized spacial score (nSPS) is 16.4. The lowest BCUT2D eigenvalue weighted by molar-refractivity contribution is -0.124. The van der Waals surface area contributed by atoms with Gasteiger partial charge in [0.1, 0.15) is 6.54 Å². The van der Waals surface area contributed by atoms with Crippen LogP contribution in [0.4, 0.5) is 4.79 Å². The smallest absolute Gasteiger partial charge is 0.347 e. The van der Waals surface area contributed by atoms with Gasteiger partial charge in [-0.25, -0.2) is 9.78 Å². The van der Waals surface area contributed by atoms with Gasteiger partial charge in [0.25, 0.3) is 11.1 Å². The van der Waals surface area contributed by atoms with Crippen molar-refractivity contribution >= 4 is 34.9 Å². The topological polar surface area (TPSA) is 120 Å². The van der Waals surface area contributed by atoms with Gasteiger partial charge in [0.05, 0.1) is 4.91 Å². The Kier molecular flexibility index (Phi) is 5.53. The fraction of sp³-hybridized carbons (Fsp3) is 0.211. The number of hydrogen-bond acceptors (Lipinski definition) is 8. The summed E-state index contributed by atoms with van der Waals surface area (Å²) in [7, 11) is 0. The minimum atomic E-state index is -0.535. The van der Waals surface area contributed by atoms with Crippen molar-refractivity contribution in [2.45, 2.75) is 6.54 Å². The number of nitrogens with one attached hydrogen (secondary N) is 1. The molecule has 0 bridgehead atoms. The Labute approximate surface area is 174 Å². The molecule has 154 valence electrons. The van der Waals surface area contributed by atoms with Gasteiger partial charge < -0.3 is 14.8 Å². The van der Waals surface area contributed by atoms with E-state index < -0.39 is 22.7 Å². The molecule has 1 N–H and O–H groups in total. The Bertz CT molecular complexity index is 1110. The molecule has 30 heavy (non-hydrogen) atoms. The first kappa shape index (κ1) is 19.7. The molecule has 1 fully saturated rings. The van der Waals surface area contributed by atoms with Gasteiger partial charge in [-0.3, -0.25) is 23.9 Å². The molecule has 11 heteroatoms. The third kappa shape index (κ3) is 4.20. The number of carbonyl (C=O) groups is 3. The van der Waals surface area contributed by atoms with E-state index in [0.29, 0.717) is 17.1 Å². The van der Waals surface area contributed by atoms with Crippen molar-refractivity contribution in [2.24, 2.45) is 0 Å². The lowest BCUT2D eigenvalue weighted by Crippen LogP contribution is -2.39. The molecule has 0 unspecified atom stereocenters. The second-order valence-electron chi connectivity index (χ2n) is 6.33. The third-order valence-electron chi connectivity index (χ3n) is 4.32. The number of ether oxygens (including phenoxy) is 2. The van der Waals surface area contributed by atoms with E-state index in [9.17, 15) is 19.2 Å². The molecule has 2 aliphatic heterocycles. The molecule has 0 aliphatic carbocycles. The van der Waals surface area contributed by atoms with E-state index >= 15 is 0 Å². The number of imide groups is 1. The van der Waals surface area contributed by atoms with E-state index in [4.69, 9.17) is 9.47 Å². The van der Waals surface area contributed by atoms with Crippen molar-refractivity contribution in [3.05, 3.63) is 57.6 Å². The second-order valence-corrected chi connectivity index (χ2v) is 7.32. The van der Waals surface area contributed by atoms with Gasteiger partial charge in [-0.1, -0.05) is 6.07 Å². The molecule has 0 saturated carbocycles. The SMILES string of the molecule is O=C(Cn1cccnc1=O)NCCN1C(=O)S/C(=C\c2ccc3c(c2)OCO3)C1=O. The van der Waals surface area contributed by atoms with Crippen LogP contribution in [0.15, 0.2) is 46.4 Å². The lowest BCUT2D eigenvalue weighted by atomic mass is 10.2. The molecule has 2 aromatic rings. The van der Waals surface area contributed by atoms with E-state index in [0.717, 1.165) is 21.2 Å². The Balaban J connectivity index is 1.33. The highest BCUT2D eigenvalue weighted by atomic mass is 32.2. The first-order valence-corrected chi connectivity index (χ1v) is 9.76. The van der Waals surface area contributed by atoms with Crippen LogP contribution in [0, 0.1) is 0 Å². The summed E-state index contributed by atoms with van der Waals surface area (Å²) in [6.45, 7) is 0.0506. The van der Waals surface area contributed by atoms with Crippen LogP contribution in [0.2, 0.25) is 0 Å². The van der Waals surface area contributed by atoms with Crippen LogP contribution in [0.3, 0.4) is 0 Å². The number of aromatic nitrogens is 2. The zero-order valence-corrected chi connectivity index (χ0v) is 16.4. The highest BCUT2D eigenvalue weighted by molar-refractivity contribution is 8.18. The molecule has 0 atom stereocenters. The van der Waals surface area contributed by atoms with E-state index in [1.807, 2.05) is 0 Å². The second kappa shape index (κ2) is 8.41. The predicted octanol–water partition coefficient (Wildman–Crippen LogP) is 0.825. The van der Waals surface area contributed by atoms with Crippen molar-refractivity contribution in [3.63, 3.8) is 0 Å². The molecule has 4 rings (SSSR count). The van der Waals surface area contributed by atoms with E-state index in [1.54, 1.807) is 30.3 Å². The van der Waals surface area contributed by atoms with Crippen LogP contribution in [-0.2, 0) is 16.1 Å². The van der Waals surface area contributed by atoms with Gasteiger partial charge in [-0.15, -0.1) is 0 Å². The molecule has 1 saturated heterocycles. The summed E-state index contributed by atoms with van der Waals surface area (Å²) >= 11 is 0.833. The van der Waals surface area contributed by atoms with Crippen LogP contribution in [0.1, 0.15) is 5.56 Å². The van der Waals surface area contributed by atoms with E-state index in [2.05, 4.69) is 10.3 Å². The number of rotatable bonds is 6. The summed E-state index contributed by atoms with van der Waals surface area (Å²) in [6, 6.07) is 6.78. The molecule has 1 aromatic carbocycles. The number of thioether (sulfide) groups is 1. The van der Waals surface area contributed by atoms with Gasteiger partial charge >= 0.3 is 5.69 Å². The molecule has 3 amide bonds. The number of carbonyl (C=O) groups excluding carboxylic acids is 3. The molecule has 10 nitrogen and oxygen atoms in total. The fourth-order valence-corrected chi connectivity index (χ4v) is 3.74. The average molecular weight is 428 g/mol. The molecule has 0 radical (unpaired) electrons. The van der Waals surface area contributed by atoms with Crippen LogP contribution in [0.25, 0.3) is 6.08 Å². The molecule has 3 heterocycles. The highest BCUT2D eigenvalue weighted by Crippen LogP contribution is 2.36. The number of fused-ring (bicyclic) bond motifs is 1. The number of amides is 3. The molecular formula is C19H16N4O6S. The fourth-order valence-electron chi connectivity index (χ4n) is 2.87. The monoisotopic (exact) mass is 428 g/mol. The maximum absolute atomic E-state index is 12.6. The molecule has 1 aromatic heterocycles. The van der Waals surface area contributed by atoms with E-state index in [1.165, 1.54) is 12.4 Å². The van der Waals surface area contributed by atoms with Crippen molar-refractivity contribution in [3.8, 4) is 11.5 Å². The van der Waals surface area contributed by atoms with E-state index in [-0.39, 0.29) is 31.3 Å². The van der Waals surface area contributed by atoms with Crippen molar-refractivity contribution in [1.29, 1.82) is 0 Å². The van der Waals surface area contributed by atoms with Crippen LogP contribution >= 0.6 is 11.8 Å². The summed E-state index contributed by atoms with van der Waals surface area (Å²) < 4.78 is 11.7. The van der Waals surface area contributed by atoms with Crippen molar-refractivity contribution < 1.29 is 23.9 Å². The average Bonchev–Trinajstić information content (AvgIpc) is 3.29. The largest absolute Gasteiger partial charge is 0.454 e. The Morgan fingerprint density at radius 2 is 2.07 bits per heavy atom. The Morgan fingerprint density at radius 3 is 2.90 bits per heavy atom. The summed E-state index contributed by atoms with van der Waals surface area (Å²) in [6.07, 6.45) is 4.40. The van der Waals surface area contributed by atoms with Gasteiger partial charge in [0, 0.05) is 25.5 Å². The molecular weight excluding hydrogens is 412 g/mol. The zero-order chi connectivity index (χ0) is 21.1. The van der Waals surface area contributed by atoms with Gasteiger partial charge in [-0.05, 0) is 41.6 Å². The molecule has 0 spiro atoms. The van der Waals surface area contributed by atoms with Gasteiger partial charge in [-0.2, -0.15) is 0 Å². The standard InChI is InChI=1S/C19H16N4O6S/c24-16(10-22-6-1-4-21-18(22)26)20-5-7-23-17(25)15(30-19(23)27)9-12-2-3-13-14(8-12)29-11-28-13/h1-4,6,8-9H,5,7,10-11H2,(H,20,24)/b15-9-. The Hall–Kier alpha value is -3.60. The predicted molar refractivity (Wildman–Crippen MR) is 107 cm³/mol. The van der Waals surface area contributed by atoms with Crippen molar-refractivity contribution in [1.82, 2.24) is 19.8 Å². The maximum atomic E-state index is 12.6. The summed E-state index contributed by atoms with van der Waals surface area (Å²) in [5.41, 5.74) is 0.173. The Morgan fingerprint density at radius 1 is 1.23 bits per heavy atom. The third-order valence-corrected chi connectivity index (χ3v) is 5.23. The highest BCUT2D eigenvalue weighted by Gasteiger charge is 2.34. The van der Waals surface area contributed by atoms with Crippen LogP contribution in [-0.4, -0.2) is 51.4 Å². The van der Waals surface area contributed by atoms with Crippen LogP contribution < -0.4 is 20.5 Å². The minimum absolute atomic E-state index is 0.0246. The lowest BCUT2D eigenvalue weighted by Gasteiger charge is -2.13. The van der Waals surface area contributed by atoms with Crippen molar-refractivity contribution in [2.75, 3.05) is 19.9 Å². The van der Waals surface area contributed by atoms with Crippen LogP contribution in [0.5, 0.6) is 11.5 Å². The molecule has 2 aliphatic rings. The summed E-state index contributed by atoms with van der Waals surface area (Å²) in [5, 5.41) is 2.18. The maximum Gasteiger partial charge on any atom is 0.347 e. The minimum Gasteiger partial charge on any atom is -0.454 e. The number of nitrogens with zero attached hydrogens (tertiary/aromatic N) is 3. The number of benzene rings is 1. The zero-order valence-electron chi connectivity index (χ0n) is 15.6. The summed E-state index contributed by atoms with van der Waals surface area (Å²) in [4.78, 5) is 53.2. The van der Waals surface area contributed by atoms with Gasteiger partial charge in [0.2, 0.25) is 12.7 Å². The van der Waals surface area contributed by atoms with Gasteiger partial charge in [0.15, 0.2) is 11.5 Å².